The SMILES string of the molecule is C=CCNC(=O)N(Cc1ccccc1)CC(O)c1ccsc1. The molecule has 116 valence electrons. The van der Waals surface area contributed by atoms with E-state index in [4.69, 9.17) is 0 Å². The highest BCUT2D eigenvalue weighted by atomic mass is 32.1. The Bertz CT molecular complexity index is 584. The molecule has 0 spiro atoms. The highest BCUT2D eigenvalue weighted by Crippen LogP contribution is 2.18. The van der Waals surface area contributed by atoms with Gasteiger partial charge in [-0.15, -0.1) is 6.58 Å². The lowest BCUT2D eigenvalue weighted by Gasteiger charge is -2.25. The largest absolute Gasteiger partial charge is 0.387 e. The number of carbonyl (C=O) groups excluding carboxylic acids is 1. The van der Waals surface area contributed by atoms with Crippen LogP contribution in [-0.2, 0) is 6.54 Å². The second-order valence-electron chi connectivity index (χ2n) is 4.91. The monoisotopic (exact) mass is 316 g/mol. The highest BCUT2D eigenvalue weighted by Gasteiger charge is 2.18. The van der Waals surface area contributed by atoms with Crippen molar-refractivity contribution in [3.05, 3.63) is 70.9 Å². The molecule has 0 aliphatic carbocycles. The molecule has 1 heterocycles. The van der Waals surface area contributed by atoms with Crippen molar-refractivity contribution in [1.29, 1.82) is 0 Å². The summed E-state index contributed by atoms with van der Waals surface area (Å²) in [6.45, 7) is 4.69. The molecule has 0 aliphatic rings. The molecule has 2 rings (SSSR count). The molecular formula is C17H20N2O2S. The van der Waals surface area contributed by atoms with Crippen LogP contribution in [0.4, 0.5) is 4.79 Å². The smallest absolute Gasteiger partial charge is 0.318 e. The molecule has 0 fully saturated rings. The predicted octanol–water partition coefficient (Wildman–Crippen LogP) is 3.18. The van der Waals surface area contributed by atoms with Crippen molar-refractivity contribution >= 4 is 17.4 Å². The Balaban J connectivity index is 2.06. The van der Waals surface area contributed by atoms with Gasteiger partial charge >= 0.3 is 6.03 Å². The number of nitrogens with zero attached hydrogens (tertiary/aromatic N) is 1. The van der Waals surface area contributed by atoms with Crippen molar-refractivity contribution < 1.29 is 9.90 Å². The molecule has 22 heavy (non-hydrogen) atoms. The van der Waals surface area contributed by atoms with Crippen LogP contribution in [0.2, 0.25) is 0 Å². The zero-order chi connectivity index (χ0) is 15.8. The number of aliphatic hydroxyl groups excluding tert-OH is 1. The summed E-state index contributed by atoms with van der Waals surface area (Å²) in [4.78, 5) is 13.9. The first-order valence-corrected chi connectivity index (χ1v) is 8.02. The van der Waals surface area contributed by atoms with Crippen LogP contribution in [0, 0.1) is 0 Å². The first kappa shape index (κ1) is 16.3. The normalized spacial score (nSPS) is 11.7. The van der Waals surface area contributed by atoms with Gasteiger partial charge in [-0.2, -0.15) is 11.3 Å². The maximum Gasteiger partial charge on any atom is 0.318 e. The van der Waals surface area contributed by atoms with E-state index in [2.05, 4.69) is 11.9 Å². The molecule has 2 N–H and O–H groups in total. The number of aliphatic hydroxyl groups is 1. The third kappa shape index (κ3) is 4.72. The van der Waals surface area contributed by atoms with Gasteiger partial charge in [-0.25, -0.2) is 4.79 Å². The fourth-order valence-electron chi connectivity index (χ4n) is 2.07. The average molecular weight is 316 g/mol. The van der Waals surface area contributed by atoms with Gasteiger partial charge in [-0.05, 0) is 28.0 Å². The predicted molar refractivity (Wildman–Crippen MR) is 89.7 cm³/mol. The molecular weight excluding hydrogens is 296 g/mol. The molecule has 2 amide bonds. The molecule has 1 unspecified atom stereocenters. The first-order chi connectivity index (χ1) is 10.7. The van der Waals surface area contributed by atoms with Gasteiger partial charge in [-0.1, -0.05) is 36.4 Å². The van der Waals surface area contributed by atoms with E-state index >= 15 is 0 Å². The zero-order valence-corrected chi connectivity index (χ0v) is 13.1. The van der Waals surface area contributed by atoms with E-state index < -0.39 is 6.10 Å². The summed E-state index contributed by atoms with van der Waals surface area (Å²) in [5.41, 5.74) is 1.85. The van der Waals surface area contributed by atoms with E-state index in [0.717, 1.165) is 11.1 Å². The first-order valence-electron chi connectivity index (χ1n) is 7.08. The van der Waals surface area contributed by atoms with Gasteiger partial charge < -0.3 is 15.3 Å². The third-order valence-corrected chi connectivity index (χ3v) is 3.92. The van der Waals surface area contributed by atoms with E-state index in [1.54, 1.807) is 11.0 Å². The summed E-state index contributed by atoms with van der Waals surface area (Å²) in [5.74, 6) is 0. The molecule has 5 heteroatoms. The van der Waals surface area contributed by atoms with Gasteiger partial charge in [-0.3, -0.25) is 0 Å². The second kappa shape index (κ2) is 8.36. The van der Waals surface area contributed by atoms with Gasteiger partial charge in [0.25, 0.3) is 0 Å². The minimum atomic E-state index is -0.690. The molecule has 0 saturated carbocycles. The van der Waals surface area contributed by atoms with E-state index in [1.165, 1.54) is 11.3 Å². The van der Waals surface area contributed by atoms with Crippen LogP contribution >= 0.6 is 11.3 Å². The van der Waals surface area contributed by atoms with Gasteiger partial charge in [0.05, 0.1) is 12.6 Å². The summed E-state index contributed by atoms with van der Waals surface area (Å²) in [5, 5.41) is 16.9. The maximum absolute atomic E-state index is 12.3. The fraction of sp³-hybridized carbons (Fsp3) is 0.235. The molecule has 4 nitrogen and oxygen atoms in total. The Labute approximate surface area is 134 Å². The van der Waals surface area contributed by atoms with Crippen LogP contribution in [0.15, 0.2) is 59.8 Å². The number of amides is 2. The van der Waals surface area contributed by atoms with Crippen molar-refractivity contribution in [2.45, 2.75) is 12.6 Å². The van der Waals surface area contributed by atoms with Crippen LogP contribution in [0.1, 0.15) is 17.2 Å². The molecule has 1 atom stereocenters. The Morgan fingerprint density at radius 3 is 2.77 bits per heavy atom. The van der Waals surface area contributed by atoms with Gasteiger partial charge in [0.1, 0.15) is 0 Å². The van der Waals surface area contributed by atoms with Crippen LogP contribution in [0.5, 0.6) is 0 Å². The lowest BCUT2D eigenvalue weighted by Crippen LogP contribution is -2.41. The Kier molecular flexibility index (Phi) is 6.18. The van der Waals surface area contributed by atoms with E-state index in [9.17, 15) is 9.90 Å². The highest BCUT2D eigenvalue weighted by molar-refractivity contribution is 7.07. The molecule has 0 radical (unpaired) electrons. The number of hydrogen-bond acceptors (Lipinski definition) is 3. The Hall–Kier alpha value is -2.11. The number of hydrogen-bond donors (Lipinski definition) is 2. The minimum Gasteiger partial charge on any atom is -0.387 e. The van der Waals surface area contributed by atoms with Crippen molar-refractivity contribution in [3.8, 4) is 0 Å². The summed E-state index contributed by atoms with van der Waals surface area (Å²) < 4.78 is 0. The standard InChI is InChI=1S/C17H20N2O2S/c1-2-9-18-17(21)19(11-14-6-4-3-5-7-14)12-16(20)15-8-10-22-13-15/h2-8,10,13,16,20H,1,9,11-12H2,(H,18,21). The maximum atomic E-state index is 12.3. The minimum absolute atomic E-state index is 0.210. The van der Waals surface area contributed by atoms with Crippen LogP contribution in [0.25, 0.3) is 0 Å². The average Bonchev–Trinajstić information content (AvgIpc) is 3.07. The van der Waals surface area contributed by atoms with Gasteiger partial charge in [0.15, 0.2) is 0 Å². The Morgan fingerprint density at radius 2 is 2.14 bits per heavy atom. The van der Waals surface area contributed by atoms with Crippen molar-refractivity contribution in [2.75, 3.05) is 13.1 Å². The zero-order valence-electron chi connectivity index (χ0n) is 12.3. The molecule has 1 aromatic heterocycles. The summed E-state index contributed by atoms with van der Waals surface area (Å²) in [6.07, 6.45) is 0.943. The van der Waals surface area contributed by atoms with Crippen molar-refractivity contribution in [3.63, 3.8) is 0 Å². The van der Waals surface area contributed by atoms with Crippen molar-refractivity contribution in [2.24, 2.45) is 0 Å². The summed E-state index contributed by atoms with van der Waals surface area (Å²) in [6, 6.07) is 11.4. The number of urea groups is 1. The van der Waals surface area contributed by atoms with Crippen LogP contribution < -0.4 is 5.32 Å². The molecule has 1 aromatic carbocycles. The van der Waals surface area contributed by atoms with E-state index in [0.29, 0.717) is 13.1 Å². The number of nitrogens with one attached hydrogen (secondary N) is 1. The number of thiophene rings is 1. The summed E-state index contributed by atoms with van der Waals surface area (Å²) >= 11 is 1.53. The Morgan fingerprint density at radius 1 is 1.36 bits per heavy atom. The summed E-state index contributed by atoms with van der Waals surface area (Å²) in [7, 11) is 0. The quantitative estimate of drug-likeness (QED) is 0.771. The molecule has 2 aromatic rings. The lowest BCUT2D eigenvalue weighted by molar-refractivity contribution is 0.119. The van der Waals surface area contributed by atoms with E-state index in [1.807, 2.05) is 47.2 Å². The lowest BCUT2D eigenvalue weighted by atomic mass is 10.1. The van der Waals surface area contributed by atoms with Crippen LogP contribution in [0.3, 0.4) is 0 Å². The second-order valence-corrected chi connectivity index (χ2v) is 5.69. The van der Waals surface area contributed by atoms with E-state index in [-0.39, 0.29) is 12.6 Å². The fourth-order valence-corrected chi connectivity index (χ4v) is 2.78. The van der Waals surface area contributed by atoms with Crippen LogP contribution in [-0.4, -0.2) is 29.1 Å². The number of carbonyl (C=O) groups is 1. The van der Waals surface area contributed by atoms with Crippen molar-refractivity contribution in [1.82, 2.24) is 10.2 Å². The molecule has 0 saturated heterocycles. The topological polar surface area (TPSA) is 52.6 Å². The van der Waals surface area contributed by atoms with Gasteiger partial charge in [0, 0.05) is 13.1 Å². The van der Waals surface area contributed by atoms with Gasteiger partial charge in [0.2, 0.25) is 0 Å². The molecule has 0 bridgehead atoms. The third-order valence-electron chi connectivity index (χ3n) is 3.22. The number of benzene rings is 1. The number of rotatable bonds is 7. The molecule has 0 aliphatic heterocycles.